The molecule has 0 unspecified atom stereocenters. The van der Waals surface area contributed by atoms with Crippen molar-refractivity contribution in [3.8, 4) is 0 Å². The van der Waals surface area contributed by atoms with Gasteiger partial charge in [-0.3, -0.25) is 0 Å². The van der Waals surface area contributed by atoms with Gasteiger partial charge in [0.25, 0.3) is 0 Å². The predicted molar refractivity (Wildman–Crippen MR) is 103 cm³/mol. The number of nitrogens with one attached hydrogen (secondary N) is 1. The van der Waals surface area contributed by atoms with Crippen molar-refractivity contribution < 1.29 is 4.39 Å². The number of piperidine rings is 2. The Bertz CT molecular complexity index is 700. The summed E-state index contributed by atoms with van der Waals surface area (Å²) < 4.78 is 13.8. The molecule has 25 heavy (non-hydrogen) atoms. The van der Waals surface area contributed by atoms with E-state index in [2.05, 4.69) is 35.3 Å². The lowest BCUT2D eigenvalue weighted by Crippen LogP contribution is -2.34. The quantitative estimate of drug-likeness (QED) is 0.869. The van der Waals surface area contributed by atoms with Gasteiger partial charge in [0.15, 0.2) is 0 Å². The van der Waals surface area contributed by atoms with Crippen LogP contribution in [-0.2, 0) is 0 Å². The lowest BCUT2D eigenvalue weighted by Gasteiger charge is -2.30. The second kappa shape index (κ2) is 7.68. The van der Waals surface area contributed by atoms with Gasteiger partial charge in [-0.1, -0.05) is 13.0 Å². The van der Waals surface area contributed by atoms with Crippen molar-refractivity contribution in [2.75, 3.05) is 32.9 Å². The van der Waals surface area contributed by atoms with E-state index in [0.717, 1.165) is 43.9 Å². The molecule has 1 N–H and O–H groups in total. The number of halogens is 1. The van der Waals surface area contributed by atoms with E-state index in [4.69, 9.17) is 4.98 Å². The van der Waals surface area contributed by atoms with Crippen LogP contribution in [0.3, 0.4) is 0 Å². The summed E-state index contributed by atoms with van der Waals surface area (Å²) in [6.07, 6.45) is 4.73. The number of thiazole rings is 1. The van der Waals surface area contributed by atoms with E-state index in [1.807, 2.05) is 11.3 Å². The Morgan fingerprint density at radius 3 is 2.80 bits per heavy atom. The van der Waals surface area contributed by atoms with Crippen molar-refractivity contribution in [2.24, 2.45) is 5.92 Å². The van der Waals surface area contributed by atoms with Gasteiger partial charge >= 0.3 is 0 Å². The minimum Gasteiger partial charge on any atom is -0.310 e. The normalized spacial score (nSPS) is 26.3. The van der Waals surface area contributed by atoms with Gasteiger partial charge in [0.2, 0.25) is 0 Å². The first kappa shape index (κ1) is 17.4. The van der Waals surface area contributed by atoms with E-state index in [0.29, 0.717) is 18.5 Å². The average Bonchev–Trinajstić information content (AvgIpc) is 3.06. The number of aromatic nitrogens is 1. The third-order valence-electron chi connectivity index (χ3n) is 5.83. The Hall–Kier alpha value is -1.04. The fourth-order valence-corrected chi connectivity index (χ4v) is 5.28. The molecule has 136 valence electrons. The summed E-state index contributed by atoms with van der Waals surface area (Å²) in [7, 11) is 0. The van der Waals surface area contributed by atoms with Crippen molar-refractivity contribution in [1.29, 1.82) is 0 Å². The Morgan fingerprint density at radius 1 is 1.24 bits per heavy atom. The highest BCUT2D eigenvalue weighted by atomic mass is 32.1. The van der Waals surface area contributed by atoms with Crippen LogP contribution in [0, 0.1) is 5.92 Å². The summed E-state index contributed by atoms with van der Waals surface area (Å²) >= 11 is 1.85. The average molecular weight is 362 g/mol. The monoisotopic (exact) mass is 361 g/mol. The number of hydrogen-bond donors (Lipinski definition) is 1. The molecule has 2 fully saturated rings. The summed E-state index contributed by atoms with van der Waals surface area (Å²) in [6.45, 7) is 5.78. The van der Waals surface area contributed by atoms with Crippen LogP contribution in [0.15, 0.2) is 18.2 Å². The zero-order valence-electron chi connectivity index (χ0n) is 15.0. The minimum atomic E-state index is -0.234. The van der Waals surface area contributed by atoms with Crippen LogP contribution in [0.4, 0.5) is 4.39 Å². The predicted octanol–water partition coefficient (Wildman–Crippen LogP) is 4.51. The molecule has 3 nitrogen and oxygen atoms in total. The summed E-state index contributed by atoms with van der Waals surface area (Å²) in [5.74, 6) is 1.33. The Morgan fingerprint density at radius 2 is 2.08 bits per heavy atom. The molecule has 2 saturated heterocycles. The zero-order chi connectivity index (χ0) is 17.2. The van der Waals surface area contributed by atoms with Gasteiger partial charge < -0.3 is 10.2 Å². The SMILES string of the molecule is C[C@H]1CC[C@H](c2ccc3sc(C4CCN(CCF)CC4)nc3c2)NC1. The van der Waals surface area contributed by atoms with Gasteiger partial charge in [-0.05, 0) is 68.9 Å². The highest BCUT2D eigenvalue weighted by Gasteiger charge is 2.24. The lowest BCUT2D eigenvalue weighted by molar-refractivity contribution is 0.197. The van der Waals surface area contributed by atoms with E-state index >= 15 is 0 Å². The molecule has 1 aromatic carbocycles. The zero-order valence-corrected chi connectivity index (χ0v) is 15.8. The standard InChI is InChI=1S/C20H28FN3S/c1-14-2-4-17(22-13-14)16-3-5-19-18(12-16)23-20(25-19)15-6-9-24(10-7-15)11-8-21/h3,5,12,14-15,17,22H,2,4,6-11,13H2,1H3/t14-,17+/m0/s1. The molecule has 2 aliphatic rings. The molecule has 0 radical (unpaired) electrons. The molecule has 0 aliphatic carbocycles. The van der Waals surface area contributed by atoms with E-state index in [-0.39, 0.29) is 6.67 Å². The molecular formula is C20H28FN3S. The number of benzene rings is 1. The largest absolute Gasteiger partial charge is 0.310 e. The fraction of sp³-hybridized carbons (Fsp3) is 0.650. The molecule has 4 rings (SSSR count). The number of nitrogens with zero attached hydrogens (tertiary/aromatic N) is 2. The Kier molecular flexibility index (Phi) is 5.34. The van der Waals surface area contributed by atoms with Crippen molar-refractivity contribution >= 4 is 21.6 Å². The van der Waals surface area contributed by atoms with Crippen LogP contribution in [-0.4, -0.2) is 42.7 Å². The number of rotatable bonds is 4. The molecule has 5 heteroatoms. The molecule has 2 aromatic rings. The van der Waals surface area contributed by atoms with Crippen LogP contribution in [0.25, 0.3) is 10.2 Å². The maximum Gasteiger partial charge on any atom is 0.102 e. The first-order chi connectivity index (χ1) is 12.2. The summed E-state index contributed by atoms with van der Waals surface area (Å²) in [4.78, 5) is 7.21. The molecule has 2 aliphatic heterocycles. The number of fused-ring (bicyclic) bond motifs is 1. The van der Waals surface area contributed by atoms with Gasteiger partial charge in [-0.2, -0.15) is 0 Å². The molecule has 0 bridgehead atoms. The van der Waals surface area contributed by atoms with Gasteiger partial charge in [-0.25, -0.2) is 9.37 Å². The summed E-state index contributed by atoms with van der Waals surface area (Å²) in [5.41, 5.74) is 2.54. The Labute approximate surface area is 153 Å². The maximum absolute atomic E-state index is 12.5. The number of alkyl halides is 1. The van der Waals surface area contributed by atoms with Gasteiger partial charge in [0, 0.05) is 18.5 Å². The van der Waals surface area contributed by atoms with Gasteiger partial charge in [0.05, 0.1) is 15.2 Å². The Balaban J connectivity index is 1.47. The molecule has 0 spiro atoms. The topological polar surface area (TPSA) is 28.2 Å². The highest BCUT2D eigenvalue weighted by molar-refractivity contribution is 7.18. The summed E-state index contributed by atoms with van der Waals surface area (Å²) in [5, 5.41) is 4.95. The number of hydrogen-bond acceptors (Lipinski definition) is 4. The molecule has 2 atom stereocenters. The van der Waals surface area contributed by atoms with Crippen LogP contribution in [0.5, 0.6) is 0 Å². The van der Waals surface area contributed by atoms with Crippen molar-refractivity contribution in [3.63, 3.8) is 0 Å². The first-order valence-electron chi connectivity index (χ1n) is 9.65. The van der Waals surface area contributed by atoms with Crippen molar-refractivity contribution in [1.82, 2.24) is 15.2 Å². The van der Waals surface area contributed by atoms with E-state index in [9.17, 15) is 4.39 Å². The smallest absolute Gasteiger partial charge is 0.102 e. The second-order valence-electron chi connectivity index (χ2n) is 7.73. The van der Waals surface area contributed by atoms with Crippen LogP contribution < -0.4 is 5.32 Å². The lowest BCUT2D eigenvalue weighted by atomic mass is 9.92. The summed E-state index contributed by atoms with van der Waals surface area (Å²) in [6, 6.07) is 7.31. The third kappa shape index (κ3) is 3.88. The van der Waals surface area contributed by atoms with Crippen molar-refractivity contribution in [2.45, 2.75) is 44.6 Å². The van der Waals surface area contributed by atoms with E-state index in [1.54, 1.807) is 0 Å². The second-order valence-corrected chi connectivity index (χ2v) is 8.79. The van der Waals surface area contributed by atoms with E-state index < -0.39 is 0 Å². The van der Waals surface area contributed by atoms with Gasteiger partial charge in [-0.15, -0.1) is 11.3 Å². The molecule has 0 saturated carbocycles. The van der Waals surface area contributed by atoms with Crippen LogP contribution in [0.2, 0.25) is 0 Å². The molecule has 0 amide bonds. The highest BCUT2D eigenvalue weighted by Crippen LogP contribution is 2.35. The maximum atomic E-state index is 12.5. The number of likely N-dealkylation sites (tertiary alicyclic amines) is 1. The van der Waals surface area contributed by atoms with Crippen molar-refractivity contribution in [3.05, 3.63) is 28.8 Å². The third-order valence-corrected chi connectivity index (χ3v) is 7.03. The van der Waals surface area contributed by atoms with E-state index in [1.165, 1.54) is 28.1 Å². The van der Waals surface area contributed by atoms with Gasteiger partial charge in [0.1, 0.15) is 6.67 Å². The fourth-order valence-electron chi connectivity index (χ4n) is 4.16. The van der Waals surface area contributed by atoms with Crippen LogP contribution in [0.1, 0.15) is 55.1 Å². The molecule has 1 aromatic heterocycles. The van der Waals surface area contributed by atoms with Crippen LogP contribution >= 0.6 is 11.3 Å². The first-order valence-corrected chi connectivity index (χ1v) is 10.5. The minimum absolute atomic E-state index is 0.234. The molecule has 3 heterocycles. The molecular weight excluding hydrogens is 333 g/mol.